The first kappa shape index (κ1) is 12.3. The molecule has 0 aliphatic carbocycles. The smallest absolute Gasteiger partial charge is 0.399 e. The molecule has 0 amide bonds. The van der Waals surface area contributed by atoms with Crippen LogP contribution in [0.1, 0.15) is 33.2 Å². The molecule has 25 heavy (non-hydrogen) atoms. The van der Waals surface area contributed by atoms with E-state index < -0.39 is 18.3 Å². The summed E-state index contributed by atoms with van der Waals surface area (Å²) in [6.07, 6.45) is 0. The van der Waals surface area contributed by atoms with E-state index in [1.165, 1.54) is 0 Å². The minimum absolute atomic E-state index is 0.0917. The Balaban J connectivity index is 1.87. The van der Waals surface area contributed by atoms with Gasteiger partial charge in [-0.1, -0.05) is 60.6 Å². The van der Waals surface area contributed by atoms with Crippen LogP contribution in [-0.4, -0.2) is 18.3 Å². The zero-order chi connectivity index (χ0) is 21.1. The highest BCUT2D eigenvalue weighted by atomic mass is 16.7. The lowest BCUT2D eigenvalue weighted by Gasteiger charge is -2.32. The van der Waals surface area contributed by atoms with Gasteiger partial charge in [-0.3, -0.25) is 0 Å². The molecule has 0 aromatic heterocycles. The Labute approximate surface area is 155 Å². The first-order valence-electron chi connectivity index (χ1n) is 10.5. The van der Waals surface area contributed by atoms with Crippen molar-refractivity contribution in [1.82, 2.24) is 0 Å². The monoisotopic (exact) mass is 334 g/mol. The summed E-state index contributed by atoms with van der Waals surface area (Å²) < 4.78 is 46.3. The van der Waals surface area contributed by atoms with Gasteiger partial charge >= 0.3 is 7.12 Å². The molecule has 0 radical (unpaired) electrons. The van der Waals surface area contributed by atoms with Crippen LogP contribution in [0.15, 0.2) is 66.6 Å². The van der Waals surface area contributed by atoms with Gasteiger partial charge in [-0.2, -0.15) is 0 Å². The molecule has 0 N–H and O–H groups in total. The molecule has 3 aromatic rings. The van der Waals surface area contributed by atoms with Crippen molar-refractivity contribution in [2.45, 2.75) is 38.9 Å². The van der Waals surface area contributed by atoms with Crippen LogP contribution in [0.3, 0.4) is 0 Å². The number of hydrogen-bond donors (Lipinski definition) is 0. The van der Waals surface area contributed by atoms with Crippen LogP contribution < -0.4 is 5.46 Å². The number of rotatable bonds is 2. The molecule has 1 saturated heterocycles. The minimum Gasteiger partial charge on any atom is -0.399 e. The third-order valence-corrected chi connectivity index (χ3v) is 5.17. The molecule has 1 aliphatic heterocycles. The fourth-order valence-corrected chi connectivity index (χ4v) is 2.89. The molecular weight excluding hydrogens is 307 g/mol. The summed E-state index contributed by atoms with van der Waals surface area (Å²) in [7, 11) is -0.946. The standard InChI is InChI=1S/C22H23BO2/c1-21(2)22(3,4)25-23(24-21)20-13-11-17(12-14-20)19-10-9-16-7-5-6-8-18(16)15-19/h5-15H,1-4H3/i11D,12D,13D,14D. The van der Waals surface area contributed by atoms with E-state index in [-0.39, 0.29) is 35.2 Å². The molecule has 0 atom stereocenters. The van der Waals surface area contributed by atoms with Crippen LogP contribution in [0.2, 0.25) is 0 Å². The Kier molecular flexibility index (Phi) is 2.81. The van der Waals surface area contributed by atoms with Gasteiger partial charge in [0, 0.05) is 0 Å². The van der Waals surface area contributed by atoms with E-state index in [2.05, 4.69) is 0 Å². The highest BCUT2D eigenvalue weighted by Gasteiger charge is 2.51. The van der Waals surface area contributed by atoms with Gasteiger partial charge in [0.05, 0.1) is 16.7 Å². The Bertz CT molecular complexity index is 1080. The molecular formula is C22H23BO2. The van der Waals surface area contributed by atoms with Crippen molar-refractivity contribution in [2.24, 2.45) is 0 Å². The molecule has 3 heteroatoms. The van der Waals surface area contributed by atoms with E-state index in [0.717, 1.165) is 10.8 Å². The molecule has 0 bridgehead atoms. The molecule has 1 aliphatic rings. The van der Waals surface area contributed by atoms with Crippen molar-refractivity contribution >= 4 is 23.4 Å². The predicted octanol–water partition coefficient (Wildman–Crippen LogP) is 4.81. The fourth-order valence-electron chi connectivity index (χ4n) is 2.89. The van der Waals surface area contributed by atoms with Gasteiger partial charge in [0.2, 0.25) is 0 Å². The van der Waals surface area contributed by atoms with Gasteiger partial charge in [0.25, 0.3) is 0 Å². The first-order chi connectivity index (χ1) is 13.5. The van der Waals surface area contributed by atoms with Crippen molar-refractivity contribution in [2.75, 3.05) is 0 Å². The van der Waals surface area contributed by atoms with E-state index >= 15 is 0 Å². The predicted molar refractivity (Wildman–Crippen MR) is 105 cm³/mol. The van der Waals surface area contributed by atoms with E-state index in [9.17, 15) is 0 Å². The molecule has 4 rings (SSSR count). The Morgan fingerprint density at radius 1 is 0.760 bits per heavy atom. The molecule has 0 unspecified atom stereocenters. The van der Waals surface area contributed by atoms with E-state index in [1.54, 1.807) is 0 Å². The third kappa shape index (κ3) is 2.88. The maximum absolute atomic E-state index is 8.58. The summed E-state index contributed by atoms with van der Waals surface area (Å²) in [5.74, 6) is 0. The lowest BCUT2D eigenvalue weighted by atomic mass is 9.78. The second-order valence-corrected chi connectivity index (χ2v) is 7.44. The summed E-state index contributed by atoms with van der Waals surface area (Å²) >= 11 is 0. The van der Waals surface area contributed by atoms with Crippen LogP contribution in [0.4, 0.5) is 0 Å². The van der Waals surface area contributed by atoms with Crippen LogP contribution in [0.25, 0.3) is 21.9 Å². The maximum Gasteiger partial charge on any atom is 0.494 e. The largest absolute Gasteiger partial charge is 0.494 e. The Morgan fingerprint density at radius 3 is 2.00 bits per heavy atom. The lowest BCUT2D eigenvalue weighted by Crippen LogP contribution is -2.41. The summed E-state index contributed by atoms with van der Waals surface area (Å²) in [5, 5.41) is 2.04. The van der Waals surface area contributed by atoms with Gasteiger partial charge < -0.3 is 9.31 Å². The molecule has 0 saturated carbocycles. The summed E-state index contributed by atoms with van der Waals surface area (Å²) in [5.41, 5.74) is -0.175. The second-order valence-electron chi connectivity index (χ2n) is 7.44. The lowest BCUT2D eigenvalue weighted by molar-refractivity contribution is 0.00578. The van der Waals surface area contributed by atoms with Crippen LogP contribution in [0.5, 0.6) is 0 Å². The van der Waals surface area contributed by atoms with Crippen LogP contribution >= 0.6 is 0 Å². The van der Waals surface area contributed by atoms with Gasteiger partial charge in [0.1, 0.15) is 0 Å². The van der Waals surface area contributed by atoms with E-state index in [1.807, 2.05) is 70.2 Å². The third-order valence-electron chi connectivity index (χ3n) is 5.17. The van der Waals surface area contributed by atoms with Crippen LogP contribution in [-0.2, 0) is 9.31 Å². The normalized spacial score (nSPS) is 20.9. The molecule has 2 nitrogen and oxygen atoms in total. The highest BCUT2D eigenvalue weighted by Crippen LogP contribution is 2.36. The molecule has 1 heterocycles. The van der Waals surface area contributed by atoms with Crippen molar-refractivity contribution < 1.29 is 14.8 Å². The zero-order valence-corrected chi connectivity index (χ0v) is 14.9. The molecule has 3 aromatic carbocycles. The van der Waals surface area contributed by atoms with Crippen molar-refractivity contribution in [3.63, 3.8) is 0 Å². The summed E-state index contributed by atoms with van der Waals surface area (Å²) in [4.78, 5) is 0. The summed E-state index contributed by atoms with van der Waals surface area (Å²) in [6.45, 7) is 7.58. The second kappa shape index (κ2) is 5.72. The van der Waals surface area contributed by atoms with E-state index in [4.69, 9.17) is 14.8 Å². The maximum atomic E-state index is 8.58. The molecule has 1 fully saturated rings. The van der Waals surface area contributed by atoms with Gasteiger partial charge in [-0.25, -0.2) is 0 Å². The van der Waals surface area contributed by atoms with E-state index in [0.29, 0.717) is 5.56 Å². The average molecular weight is 334 g/mol. The van der Waals surface area contributed by atoms with Crippen LogP contribution in [0, 0.1) is 0 Å². The quantitative estimate of drug-likeness (QED) is 0.627. The fraction of sp³-hybridized carbons (Fsp3) is 0.273. The topological polar surface area (TPSA) is 18.5 Å². The van der Waals surface area contributed by atoms with Gasteiger partial charge in [-0.05, 0) is 61.1 Å². The SMILES string of the molecule is [2H]c1c([2H])c(-c2ccc3ccccc3c2)c([2H])c([2H])c1B1OC(C)(C)C(C)(C)O1. The number of fused-ring (bicyclic) bond motifs is 1. The first-order valence-corrected chi connectivity index (χ1v) is 8.48. The van der Waals surface area contributed by atoms with Crippen molar-refractivity contribution in [3.05, 3.63) is 66.6 Å². The Hall–Kier alpha value is -2.10. The van der Waals surface area contributed by atoms with Gasteiger partial charge in [0.15, 0.2) is 0 Å². The average Bonchev–Trinajstić information content (AvgIpc) is 2.87. The van der Waals surface area contributed by atoms with Gasteiger partial charge in [-0.15, -0.1) is 0 Å². The summed E-state index contributed by atoms with van der Waals surface area (Å²) in [6, 6.07) is 13.1. The zero-order valence-electron chi connectivity index (χ0n) is 18.9. The van der Waals surface area contributed by atoms with Crippen molar-refractivity contribution in [3.8, 4) is 11.1 Å². The highest BCUT2D eigenvalue weighted by molar-refractivity contribution is 6.62. The number of hydrogen-bond acceptors (Lipinski definition) is 2. The molecule has 0 spiro atoms. The number of benzene rings is 3. The Morgan fingerprint density at radius 2 is 1.36 bits per heavy atom. The van der Waals surface area contributed by atoms with Crippen molar-refractivity contribution in [1.29, 1.82) is 0 Å². The minimum atomic E-state index is -0.946. The molecule has 126 valence electrons.